The van der Waals surface area contributed by atoms with Crippen molar-refractivity contribution in [3.05, 3.63) is 60.0 Å². The monoisotopic (exact) mass is 337 g/mol. The SMILES string of the molecule is CC(C)C(=O)Nc1ccc(Nc2nc(-c3ccccc3)cs2)cc1. The fourth-order valence-corrected chi connectivity index (χ4v) is 2.86. The Labute approximate surface area is 145 Å². The number of anilines is 3. The van der Waals surface area contributed by atoms with Crippen LogP contribution in [-0.2, 0) is 4.79 Å². The molecule has 0 saturated carbocycles. The number of carbonyl (C=O) groups is 1. The quantitative estimate of drug-likeness (QED) is 0.677. The number of rotatable bonds is 5. The molecule has 0 atom stereocenters. The molecule has 122 valence electrons. The smallest absolute Gasteiger partial charge is 0.226 e. The fraction of sp³-hybridized carbons (Fsp3) is 0.158. The van der Waals surface area contributed by atoms with Gasteiger partial charge in [-0.15, -0.1) is 11.3 Å². The van der Waals surface area contributed by atoms with Crippen LogP contribution in [0, 0.1) is 5.92 Å². The van der Waals surface area contributed by atoms with Gasteiger partial charge in [-0.25, -0.2) is 4.98 Å². The van der Waals surface area contributed by atoms with Gasteiger partial charge in [-0.05, 0) is 24.3 Å². The number of thiazole rings is 1. The van der Waals surface area contributed by atoms with E-state index in [0.29, 0.717) is 0 Å². The van der Waals surface area contributed by atoms with Gasteiger partial charge in [-0.1, -0.05) is 44.2 Å². The van der Waals surface area contributed by atoms with Gasteiger partial charge in [-0.2, -0.15) is 0 Å². The molecule has 0 spiro atoms. The second-order valence-corrected chi connectivity index (χ2v) is 6.61. The standard InChI is InChI=1S/C19H19N3OS/c1-13(2)18(23)20-15-8-10-16(11-9-15)21-19-22-17(12-24-19)14-6-4-3-5-7-14/h3-13H,1-2H3,(H,20,23)(H,21,22). The summed E-state index contributed by atoms with van der Waals surface area (Å²) in [6, 6.07) is 17.7. The zero-order chi connectivity index (χ0) is 16.9. The second kappa shape index (κ2) is 7.27. The predicted octanol–water partition coefficient (Wildman–Crippen LogP) is 5.15. The van der Waals surface area contributed by atoms with Gasteiger partial charge in [0.15, 0.2) is 5.13 Å². The minimum atomic E-state index is -0.0328. The number of amides is 1. The molecule has 0 aliphatic heterocycles. The van der Waals surface area contributed by atoms with Gasteiger partial charge in [0.25, 0.3) is 0 Å². The summed E-state index contributed by atoms with van der Waals surface area (Å²) >= 11 is 1.57. The molecule has 1 amide bonds. The Hall–Kier alpha value is -2.66. The third-order valence-electron chi connectivity index (χ3n) is 3.50. The lowest BCUT2D eigenvalue weighted by molar-refractivity contribution is -0.118. The topological polar surface area (TPSA) is 54.0 Å². The van der Waals surface area contributed by atoms with Crippen LogP contribution in [-0.4, -0.2) is 10.9 Å². The summed E-state index contributed by atoms with van der Waals surface area (Å²) in [6.07, 6.45) is 0. The first kappa shape index (κ1) is 16.2. The summed E-state index contributed by atoms with van der Waals surface area (Å²) < 4.78 is 0. The molecule has 3 rings (SSSR count). The molecule has 0 bridgehead atoms. The highest BCUT2D eigenvalue weighted by atomic mass is 32.1. The Morgan fingerprint density at radius 2 is 1.67 bits per heavy atom. The van der Waals surface area contributed by atoms with Crippen LogP contribution in [0.4, 0.5) is 16.5 Å². The van der Waals surface area contributed by atoms with E-state index in [4.69, 9.17) is 0 Å². The van der Waals surface area contributed by atoms with Crippen molar-refractivity contribution in [3.8, 4) is 11.3 Å². The summed E-state index contributed by atoms with van der Waals surface area (Å²) in [5.41, 5.74) is 3.80. The fourth-order valence-electron chi connectivity index (χ4n) is 2.12. The van der Waals surface area contributed by atoms with Crippen molar-refractivity contribution >= 4 is 33.8 Å². The molecule has 0 saturated heterocycles. The van der Waals surface area contributed by atoms with Crippen LogP contribution in [0.1, 0.15) is 13.8 Å². The van der Waals surface area contributed by atoms with E-state index in [1.165, 1.54) is 0 Å². The van der Waals surface area contributed by atoms with E-state index in [0.717, 1.165) is 27.8 Å². The number of nitrogens with one attached hydrogen (secondary N) is 2. The molecule has 2 aromatic carbocycles. The molecule has 3 aromatic rings. The van der Waals surface area contributed by atoms with Crippen LogP contribution in [0.5, 0.6) is 0 Å². The lowest BCUT2D eigenvalue weighted by Crippen LogP contribution is -2.17. The minimum Gasteiger partial charge on any atom is -0.332 e. The van der Waals surface area contributed by atoms with Crippen LogP contribution in [0.25, 0.3) is 11.3 Å². The van der Waals surface area contributed by atoms with E-state index in [1.54, 1.807) is 11.3 Å². The van der Waals surface area contributed by atoms with E-state index in [2.05, 4.69) is 15.6 Å². The maximum Gasteiger partial charge on any atom is 0.226 e. The zero-order valence-corrected chi connectivity index (χ0v) is 14.4. The van der Waals surface area contributed by atoms with Crippen molar-refractivity contribution in [2.75, 3.05) is 10.6 Å². The Bertz CT molecular complexity index is 810. The Morgan fingerprint density at radius 1 is 1.00 bits per heavy atom. The summed E-state index contributed by atoms with van der Waals surface area (Å²) in [4.78, 5) is 16.3. The Balaban J connectivity index is 1.66. The molecule has 1 heterocycles. The molecule has 0 aliphatic carbocycles. The third-order valence-corrected chi connectivity index (χ3v) is 4.26. The van der Waals surface area contributed by atoms with Crippen molar-refractivity contribution in [2.24, 2.45) is 5.92 Å². The number of nitrogens with zero attached hydrogens (tertiary/aromatic N) is 1. The lowest BCUT2D eigenvalue weighted by atomic mass is 10.2. The van der Waals surface area contributed by atoms with Crippen molar-refractivity contribution in [1.82, 2.24) is 4.98 Å². The van der Waals surface area contributed by atoms with Gasteiger partial charge in [-0.3, -0.25) is 4.79 Å². The van der Waals surface area contributed by atoms with E-state index in [9.17, 15) is 4.79 Å². The van der Waals surface area contributed by atoms with Crippen molar-refractivity contribution in [1.29, 1.82) is 0 Å². The third kappa shape index (κ3) is 4.00. The van der Waals surface area contributed by atoms with E-state index >= 15 is 0 Å². The predicted molar refractivity (Wildman–Crippen MR) is 101 cm³/mol. The molecule has 0 fully saturated rings. The molecule has 0 aliphatic rings. The Kier molecular flexibility index (Phi) is 4.91. The van der Waals surface area contributed by atoms with Gasteiger partial charge in [0.05, 0.1) is 5.69 Å². The summed E-state index contributed by atoms with van der Waals surface area (Å²) in [5.74, 6) is -0.0161. The normalized spacial score (nSPS) is 10.6. The average Bonchev–Trinajstić information content (AvgIpc) is 3.06. The van der Waals surface area contributed by atoms with E-state index in [1.807, 2.05) is 73.8 Å². The maximum absolute atomic E-state index is 11.7. The second-order valence-electron chi connectivity index (χ2n) is 5.75. The molecule has 0 unspecified atom stereocenters. The van der Waals surface area contributed by atoms with Gasteiger partial charge in [0.1, 0.15) is 0 Å². The van der Waals surface area contributed by atoms with Crippen LogP contribution in [0.15, 0.2) is 60.0 Å². The maximum atomic E-state index is 11.7. The number of aromatic nitrogens is 1. The first-order valence-electron chi connectivity index (χ1n) is 7.81. The molecular formula is C19H19N3OS. The average molecular weight is 337 g/mol. The van der Waals surface area contributed by atoms with Gasteiger partial charge in [0.2, 0.25) is 5.91 Å². The highest BCUT2D eigenvalue weighted by Crippen LogP contribution is 2.27. The minimum absolute atomic E-state index is 0.0168. The number of hydrogen-bond donors (Lipinski definition) is 2. The van der Waals surface area contributed by atoms with Crippen LogP contribution < -0.4 is 10.6 Å². The summed E-state index contributed by atoms with van der Waals surface area (Å²) in [7, 11) is 0. The molecule has 24 heavy (non-hydrogen) atoms. The highest BCUT2D eigenvalue weighted by molar-refractivity contribution is 7.14. The van der Waals surface area contributed by atoms with Gasteiger partial charge < -0.3 is 10.6 Å². The first-order chi connectivity index (χ1) is 11.6. The van der Waals surface area contributed by atoms with Crippen LogP contribution >= 0.6 is 11.3 Å². The number of hydrogen-bond acceptors (Lipinski definition) is 4. The van der Waals surface area contributed by atoms with E-state index < -0.39 is 0 Å². The highest BCUT2D eigenvalue weighted by Gasteiger charge is 2.07. The van der Waals surface area contributed by atoms with E-state index in [-0.39, 0.29) is 11.8 Å². The molecule has 2 N–H and O–H groups in total. The molecule has 0 radical (unpaired) electrons. The number of carbonyl (C=O) groups excluding carboxylic acids is 1. The summed E-state index contributed by atoms with van der Waals surface area (Å²) in [5, 5.41) is 9.05. The first-order valence-corrected chi connectivity index (χ1v) is 8.68. The van der Waals surface area contributed by atoms with Crippen molar-refractivity contribution in [2.45, 2.75) is 13.8 Å². The van der Waals surface area contributed by atoms with Gasteiger partial charge in [0, 0.05) is 28.2 Å². The summed E-state index contributed by atoms with van der Waals surface area (Å²) in [6.45, 7) is 3.75. The van der Waals surface area contributed by atoms with Crippen LogP contribution in [0.3, 0.4) is 0 Å². The lowest BCUT2D eigenvalue weighted by Gasteiger charge is -2.08. The zero-order valence-electron chi connectivity index (χ0n) is 13.6. The van der Waals surface area contributed by atoms with Crippen molar-refractivity contribution < 1.29 is 4.79 Å². The van der Waals surface area contributed by atoms with Crippen molar-refractivity contribution in [3.63, 3.8) is 0 Å². The van der Waals surface area contributed by atoms with Crippen LogP contribution in [0.2, 0.25) is 0 Å². The number of benzene rings is 2. The molecule has 4 nitrogen and oxygen atoms in total. The largest absolute Gasteiger partial charge is 0.332 e. The molecular weight excluding hydrogens is 318 g/mol. The molecule has 1 aromatic heterocycles. The van der Waals surface area contributed by atoms with Gasteiger partial charge >= 0.3 is 0 Å². The molecule has 5 heteroatoms. The Morgan fingerprint density at radius 3 is 2.33 bits per heavy atom.